The highest BCUT2D eigenvalue weighted by atomic mass is 79.9. The van der Waals surface area contributed by atoms with Crippen molar-refractivity contribution < 1.29 is 67.6 Å². The number of benzene rings is 3. The van der Waals surface area contributed by atoms with Gasteiger partial charge in [0.1, 0.15) is 6.04 Å². The fourth-order valence-corrected chi connectivity index (χ4v) is 7.91. The summed E-state index contributed by atoms with van der Waals surface area (Å²) in [5.41, 5.74) is -6.59. The molecule has 1 heterocycles. The Morgan fingerprint density at radius 1 is 0.768 bits per heavy atom. The van der Waals surface area contributed by atoms with E-state index >= 15 is 8.78 Å². The quantitative estimate of drug-likeness (QED) is 0.0559. The number of hydrogen-bond acceptors (Lipinski definition) is 12. The zero-order valence-electron chi connectivity index (χ0n) is 29.4. The third kappa shape index (κ3) is 9.24. The zero-order chi connectivity index (χ0) is 41.9. The summed E-state index contributed by atoms with van der Waals surface area (Å²) in [5.74, 6) is 2.84. The molecule has 0 bridgehead atoms. The van der Waals surface area contributed by atoms with Crippen LogP contribution in [0, 0.1) is 0 Å². The number of amides is 2. The van der Waals surface area contributed by atoms with Crippen LogP contribution in [0.3, 0.4) is 0 Å². The SMILES string of the molecule is COP(=O)(OC)C(F)(F)c1ccc(C[C@H](NCc2cc(Br)cc(C3(C(F)(F)F)N=N3)c2)C(=O)N[C@@H](Cc2ccc(C(F)(F)P(=O)(OC)ON)cc2)C(N)=O)cc1. The first-order valence-corrected chi connectivity index (χ1v) is 19.7. The van der Waals surface area contributed by atoms with Crippen LogP contribution in [0.1, 0.15) is 33.4 Å². The van der Waals surface area contributed by atoms with Gasteiger partial charge in [0.2, 0.25) is 11.8 Å². The van der Waals surface area contributed by atoms with Crippen molar-refractivity contribution in [1.82, 2.24) is 10.6 Å². The first-order chi connectivity index (χ1) is 26.0. The lowest BCUT2D eigenvalue weighted by atomic mass is 9.99. The summed E-state index contributed by atoms with van der Waals surface area (Å²) in [6.07, 6.45) is -5.43. The van der Waals surface area contributed by atoms with E-state index in [2.05, 4.69) is 55.0 Å². The van der Waals surface area contributed by atoms with Gasteiger partial charge < -0.3 is 29.9 Å². The maximum Gasteiger partial charge on any atom is 0.442 e. The Balaban J connectivity index is 1.61. The van der Waals surface area contributed by atoms with Crippen LogP contribution in [-0.4, -0.2) is 51.4 Å². The number of halogens is 8. The Bertz CT molecular complexity index is 2020. The summed E-state index contributed by atoms with van der Waals surface area (Å²) < 4.78 is 143. The van der Waals surface area contributed by atoms with Crippen molar-refractivity contribution in [2.24, 2.45) is 21.9 Å². The average molecular weight is 905 g/mol. The molecule has 4 rings (SSSR count). The molecule has 3 atom stereocenters. The molecule has 0 aliphatic carbocycles. The van der Waals surface area contributed by atoms with E-state index in [4.69, 9.17) is 11.6 Å². The minimum absolute atomic E-state index is 0.205. The number of carbonyl (C=O) groups is 2. The van der Waals surface area contributed by atoms with Crippen LogP contribution in [0.5, 0.6) is 0 Å². The Morgan fingerprint density at radius 3 is 1.64 bits per heavy atom. The van der Waals surface area contributed by atoms with E-state index < -0.39 is 73.4 Å². The third-order valence-electron chi connectivity index (χ3n) is 8.61. The molecule has 0 saturated heterocycles. The predicted molar refractivity (Wildman–Crippen MR) is 188 cm³/mol. The highest BCUT2D eigenvalue weighted by molar-refractivity contribution is 9.10. The number of nitrogens with one attached hydrogen (secondary N) is 2. The van der Waals surface area contributed by atoms with Crippen molar-refractivity contribution in [1.29, 1.82) is 0 Å². The Kier molecular flexibility index (Phi) is 13.8. The Morgan fingerprint density at radius 2 is 1.23 bits per heavy atom. The zero-order valence-corrected chi connectivity index (χ0v) is 32.7. The molecule has 1 aliphatic rings. The van der Waals surface area contributed by atoms with Gasteiger partial charge in [-0.1, -0.05) is 64.5 Å². The van der Waals surface area contributed by atoms with Gasteiger partial charge in [0, 0.05) is 55.5 Å². The summed E-state index contributed by atoms with van der Waals surface area (Å²) in [5, 5.41) is 11.8. The summed E-state index contributed by atoms with van der Waals surface area (Å²) in [6, 6.07) is 9.30. The van der Waals surface area contributed by atoms with Gasteiger partial charge in [-0.05, 0) is 41.3 Å². The molecular formula is C32H34BrF7N6O8P2. The van der Waals surface area contributed by atoms with Gasteiger partial charge >= 0.3 is 38.4 Å². The van der Waals surface area contributed by atoms with Crippen molar-refractivity contribution in [2.75, 3.05) is 21.3 Å². The molecule has 6 N–H and O–H groups in total. The van der Waals surface area contributed by atoms with Crippen molar-refractivity contribution in [3.05, 3.63) is 105 Å². The van der Waals surface area contributed by atoms with Crippen LogP contribution in [-0.2, 0) is 73.3 Å². The van der Waals surface area contributed by atoms with E-state index in [1.54, 1.807) is 0 Å². The molecule has 2 amide bonds. The number of primary amides is 1. The van der Waals surface area contributed by atoms with Gasteiger partial charge in [0.15, 0.2) is 0 Å². The number of rotatable bonds is 19. The minimum atomic E-state index is -5.11. The monoisotopic (exact) mass is 904 g/mol. The molecule has 56 heavy (non-hydrogen) atoms. The highest BCUT2D eigenvalue weighted by Gasteiger charge is 2.65. The minimum Gasteiger partial charge on any atom is -0.368 e. The second kappa shape index (κ2) is 17.1. The van der Waals surface area contributed by atoms with E-state index in [-0.39, 0.29) is 46.1 Å². The molecule has 3 aromatic carbocycles. The smallest absolute Gasteiger partial charge is 0.368 e. The summed E-state index contributed by atoms with van der Waals surface area (Å²) in [7, 11) is -7.73. The lowest BCUT2D eigenvalue weighted by molar-refractivity contribution is -0.166. The Hall–Kier alpha value is -3.59. The average Bonchev–Trinajstić information content (AvgIpc) is 3.98. The maximum atomic E-state index is 15.0. The molecule has 1 aliphatic heterocycles. The topological polar surface area (TPSA) is 206 Å². The molecule has 14 nitrogen and oxygen atoms in total. The van der Waals surface area contributed by atoms with E-state index in [0.717, 1.165) is 57.7 Å². The van der Waals surface area contributed by atoms with E-state index in [9.17, 15) is 40.7 Å². The van der Waals surface area contributed by atoms with E-state index in [0.29, 0.717) is 0 Å². The number of carbonyl (C=O) groups excluding carboxylic acids is 2. The first-order valence-electron chi connectivity index (χ1n) is 15.9. The maximum absolute atomic E-state index is 15.0. The third-order valence-corrected chi connectivity index (χ3v) is 12.7. The largest absolute Gasteiger partial charge is 0.442 e. The van der Waals surface area contributed by atoms with Crippen LogP contribution in [0.15, 0.2) is 81.4 Å². The lowest BCUT2D eigenvalue weighted by Gasteiger charge is -2.25. The van der Waals surface area contributed by atoms with Crippen LogP contribution in [0.4, 0.5) is 30.7 Å². The van der Waals surface area contributed by atoms with E-state index in [1.807, 2.05) is 0 Å². The van der Waals surface area contributed by atoms with Crippen LogP contribution < -0.4 is 22.3 Å². The molecule has 0 spiro atoms. The fraction of sp³-hybridized carbons (Fsp3) is 0.375. The molecule has 0 radical (unpaired) electrons. The Labute approximate surface area is 323 Å². The highest BCUT2D eigenvalue weighted by Crippen LogP contribution is 2.66. The van der Waals surface area contributed by atoms with Crippen molar-refractivity contribution >= 4 is 42.9 Å². The number of nitrogens with two attached hydrogens (primary N) is 2. The van der Waals surface area contributed by atoms with Gasteiger partial charge in [-0.15, -0.1) is 10.2 Å². The van der Waals surface area contributed by atoms with Gasteiger partial charge in [0.25, 0.3) is 0 Å². The molecule has 0 fully saturated rings. The number of alkyl halides is 7. The molecule has 24 heteroatoms. The summed E-state index contributed by atoms with van der Waals surface area (Å²) >= 11 is 3.17. The second-order valence-electron chi connectivity index (χ2n) is 12.1. The number of nitrogens with zero attached hydrogens (tertiary/aromatic N) is 2. The van der Waals surface area contributed by atoms with Crippen LogP contribution in [0.2, 0.25) is 0 Å². The second-order valence-corrected chi connectivity index (χ2v) is 17.5. The van der Waals surface area contributed by atoms with Gasteiger partial charge in [-0.2, -0.15) is 30.7 Å². The molecule has 306 valence electrons. The van der Waals surface area contributed by atoms with Crippen LogP contribution in [0.25, 0.3) is 0 Å². The molecule has 3 aromatic rings. The van der Waals surface area contributed by atoms with Crippen molar-refractivity contribution in [3.63, 3.8) is 0 Å². The standard InChI is InChI=1S/C32H34BrF7N6O8P2/c1-51-55(49,52-2)30(34,35)21-8-6-19(7-9-21)15-26(43-17-20-12-23(16-24(33)13-20)29(45-46-29)32(38,39)40)28(48)44-25(27(41)47)14-18-4-10-22(11-5-18)31(36,37)56(50,53-3)54-42/h4-13,16,25-26,43H,14-15,17,42H2,1-3H3,(H2,41,47)(H,44,48)/t25-,26-,56?/m0/s1. The normalized spacial score (nSPS) is 16.5. The molecule has 1 unspecified atom stereocenters. The van der Waals surface area contributed by atoms with E-state index in [1.165, 1.54) is 30.3 Å². The first kappa shape index (κ1) is 45.1. The summed E-state index contributed by atoms with van der Waals surface area (Å²) in [6.45, 7) is -0.256. The predicted octanol–water partition coefficient (Wildman–Crippen LogP) is 6.86. The fourth-order valence-electron chi connectivity index (χ4n) is 5.39. The van der Waals surface area contributed by atoms with Gasteiger partial charge in [-0.3, -0.25) is 18.7 Å². The summed E-state index contributed by atoms with van der Waals surface area (Å²) in [4.78, 5) is 26.3. The number of hydrogen-bond donors (Lipinski definition) is 4. The van der Waals surface area contributed by atoms with Crippen LogP contribution >= 0.6 is 31.1 Å². The van der Waals surface area contributed by atoms with Crippen molar-refractivity contribution in [2.45, 2.75) is 54.6 Å². The lowest BCUT2D eigenvalue weighted by Crippen LogP contribution is -2.53. The van der Waals surface area contributed by atoms with Crippen molar-refractivity contribution in [3.8, 4) is 0 Å². The van der Waals surface area contributed by atoms with Gasteiger partial charge in [0.05, 0.1) is 6.04 Å². The molecule has 0 aromatic heterocycles. The van der Waals surface area contributed by atoms with Gasteiger partial charge in [-0.25, -0.2) is 10.5 Å². The molecule has 0 saturated carbocycles. The molecular weight excluding hydrogens is 871 g/mol.